The summed E-state index contributed by atoms with van der Waals surface area (Å²) in [6, 6.07) is 4.07. The van der Waals surface area contributed by atoms with E-state index in [-0.39, 0.29) is 17.8 Å². The fourth-order valence-electron chi connectivity index (χ4n) is 3.46. The van der Waals surface area contributed by atoms with Crippen molar-refractivity contribution in [1.82, 2.24) is 4.90 Å². The molecule has 1 aromatic carbocycles. The number of ether oxygens (including phenoxy) is 1. The van der Waals surface area contributed by atoms with Gasteiger partial charge in [0.2, 0.25) is 5.91 Å². The number of nitrogens with zero attached hydrogens (tertiary/aromatic N) is 1. The fourth-order valence-corrected chi connectivity index (χ4v) is 3.46. The summed E-state index contributed by atoms with van der Waals surface area (Å²) < 4.78 is 10.8. The van der Waals surface area contributed by atoms with Crippen LogP contribution in [0.3, 0.4) is 0 Å². The van der Waals surface area contributed by atoms with E-state index in [2.05, 4.69) is 6.07 Å². The number of likely N-dealkylation sites (tertiary alicyclic amines) is 1. The Hall–Kier alpha value is -2.30. The maximum absolute atomic E-state index is 12.7. The maximum atomic E-state index is 12.7. The van der Waals surface area contributed by atoms with Gasteiger partial charge in [-0.15, -0.1) is 0 Å². The summed E-state index contributed by atoms with van der Waals surface area (Å²) in [4.78, 5) is 26.5. The van der Waals surface area contributed by atoms with Gasteiger partial charge in [0.1, 0.15) is 5.58 Å². The normalized spacial score (nSPS) is 17.7. The Balaban J connectivity index is 1.72. The van der Waals surface area contributed by atoms with Gasteiger partial charge in [0.05, 0.1) is 25.2 Å². The molecule has 0 N–H and O–H groups in total. The molecule has 1 aromatic heterocycles. The third kappa shape index (κ3) is 3.55. The lowest BCUT2D eigenvalue weighted by Crippen LogP contribution is -2.43. The van der Waals surface area contributed by atoms with E-state index in [4.69, 9.17) is 9.15 Å². The van der Waals surface area contributed by atoms with Crippen molar-refractivity contribution in [2.24, 2.45) is 5.92 Å². The molecule has 1 saturated heterocycles. The molecule has 0 aliphatic carbocycles. The second kappa shape index (κ2) is 7.30. The molecule has 1 unspecified atom stereocenters. The molecule has 5 nitrogen and oxygen atoms in total. The summed E-state index contributed by atoms with van der Waals surface area (Å²) in [6.07, 6.45) is 3.60. The number of esters is 1. The van der Waals surface area contributed by atoms with Crippen molar-refractivity contribution in [3.05, 3.63) is 35.1 Å². The van der Waals surface area contributed by atoms with Gasteiger partial charge in [-0.3, -0.25) is 9.59 Å². The molecule has 2 aromatic rings. The van der Waals surface area contributed by atoms with Crippen molar-refractivity contribution in [3.63, 3.8) is 0 Å². The number of piperidine rings is 1. The Morgan fingerprint density at radius 2 is 2.12 bits per heavy atom. The largest absolute Gasteiger partial charge is 0.466 e. The molecule has 134 valence electrons. The van der Waals surface area contributed by atoms with Gasteiger partial charge in [0.25, 0.3) is 0 Å². The molecule has 0 radical (unpaired) electrons. The molecule has 1 amide bonds. The van der Waals surface area contributed by atoms with Crippen molar-refractivity contribution in [3.8, 4) is 0 Å². The van der Waals surface area contributed by atoms with Crippen LogP contribution < -0.4 is 0 Å². The van der Waals surface area contributed by atoms with Crippen molar-refractivity contribution in [2.75, 3.05) is 19.7 Å². The van der Waals surface area contributed by atoms with Gasteiger partial charge in [0.15, 0.2) is 0 Å². The summed E-state index contributed by atoms with van der Waals surface area (Å²) in [6.45, 7) is 7.40. The molecule has 25 heavy (non-hydrogen) atoms. The van der Waals surface area contributed by atoms with Gasteiger partial charge in [-0.25, -0.2) is 0 Å². The lowest BCUT2D eigenvalue weighted by atomic mass is 9.97. The minimum absolute atomic E-state index is 0.0370. The lowest BCUT2D eigenvalue weighted by molar-refractivity contribution is -0.151. The van der Waals surface area contributed by atoms with Crippen molar-refractivity contribution in [2.45, 2.75) is 40.0 Å². The summed E-state index contributed by atoms with van der Waals surface area (Å²) >= 11 is 0. The van der Waals surface area contributed by atoms with E-state index < -0.39 is 0 Å². The fraction of sp³-hybridized carbons (Fsp3) is 0.500. The predicted octanol–water partition coefficient (Wildman–Crippen LogP) is 3.39. The number of amides is 1. The van der Waals surface area contributed by atoms with Crippen LogP contribution in [0.15, 0.2) is 22.8 Å². The van der Waals surface area contributed by atoms with Gasteiger partial charge in [-0.05, 0) is 44.7 Å². The van der Waals surface area contributed by atoms with Gasteiger partial charge in [0, 0.05) is 24.0 Å². The van der Waals surface area contributed by atoms with E-state index >= 15 is 0 Å². The monoisotopic (exact) mass is 343 g/mol. The number of hydrogen-bond donors (Lipinski definition) is 0. The van der Waals surface area contributed by atoms with E-state index in [1.165, 1.54) is 5.56 Å². The second-order valence-corrected chi connectivity index (χ2v) is 6.75. The molecule has 1 aliphatic heterocycles. The average Bonchev–Trinajstić information content (AvgIpc) is 3.02. The summed E-state index contributed by atoms with van der Waals surface area (Å²) in [5.74, 6) is -0.363. The molecule has 3 rings (SSSR count). The molecule has 5 heteroatoms. The zero-order valence-electron chi connectivity index (χ0n) is 15.1. The minimum Gasteiger partial charge on any atom is -0.466 e. The maximum Gasteiger partial charge on any atom is 0.310 e. The summed E-state index contributed by atoms with van der Waals surface area (Å²) in [5, 5.41) is 0.996. The molecule has 0 saturated carbocycles. The van der Waals surface area contributed by atoms with Crippen LogP contribution in [0.2, 0.25) is 0 Å². The Bertz CT molecular complexity index is 792. The molecule has 1 atom stereocenters. The topological polar surface area (TPSA) is 59.8 Å². The highest BCUT2D eigenvalue weighted by atomic mass is 16.5. The SMILES string of the molecule is CCOC(=O)C1CCCN(C(=O)Cc2coc3c(C)c(C)ccc23)C1. The smallest absolute Gasteiger partial charge is 0.310 e. The quantitative estimate of drug-likeness (QED) is 0.799. The highest BCUT2D eigenvalue weighted by Crippen LogP contribution is 2.27. The van der Waals surface area contributed by atoms with Gasteiger partial charge >= 0.3 is 5.97 Å². The number of furan rings is 1. The van der Waals surface area contributed by atoms with Crippen LogP contribution in [0.25, 0.3) is 11.0 Å². The number of aryl methyl sites for hydroxylation is 2. The van der Waals surface area contributed by atoms with Crippen LogP contribution in [0.5, 0.6) is 0 Å². The standard InChI is InChI=1S/C20H25NO4/c1-4-24-20(23)15-6-5-9-21(11-15)18(22)10-16-12-25-19-14(3)13(2)7-8-17(16)19/h7-8,12,15H,4-6,9-11H2,1-3H3. The Kier molecular flexibility index (Phi) is 5.11. The van der Waals surface area contributed by atoms with Gasteiger partial charge < -0.3 is 14.1 Å². The molecular formula is C20H25NO4. The van der Waals surface area contributed by atoms with E-state index in [0.717, 1.165) is 34.9 Å². The first-order valence-corrected chi connectivity index (χ1v) is 8.92. The zero-order chi connectivity index (χ0) is 18.0. The molecule has 0 bridgehead atoms. The van der Waals surface area contributed by atoms with E-state index in [1.54, 1.807) is 18.1 Å². The number of fused-ring (bicyclic) bond motifs is 1. The predicted molar refractivity (Wildman–Crippen MR) is 95.3 cm³/mol. The Labute approximate surface area is 147 Å². The van der Waals surface area contributed by atoms with E-state index in [9.17, 15) is 9.59 Å². The lowest BCUT2D eigenvalue weighted by Gasteiger charge is -2.31. The van der Waals surface area contributed by atoms with Crippen LogP contribution in [-0.4, -0.2) is 36.5 Å². The first-order valence-electron chi connectivity index (χ1n) is 8.92. The summed E-state index contributed by atoms with van der Waals surface area (Å²) in [7, 11) is 0. The number of benzene rings is 1. The third-order valence-electron chi connectivity index (χ3n) is 5.08. The van der Waals surface area contributed by atoms with Crippen molar-refractivity contribution in [1.29, 1.82) is 0 Å². The van der Waals surface area contributed by atoms with Crippen molar-refractivity contribution >= 4 is 22.8 Å². The third-order valence-corrected chi connectivity index (χ3v) is 5.08. The average molecular weight is 343 g/mol. The zero-order valence-corrected chi connectivity index (χ0v) is 15.1. The minimum atomic E-state index is -0.205. The van der Waals surface area contributed by atoms with E-state index in [0.29, 0.717) is 26.1 Å². The van der Waals surface area contributed by atoms with Crippen LogP contribution in [0.1, 0.15) is 36.5 Å². The van der Waals surface area contributed by atoms with Crippen LogP contribution in [0.4, 0.5) is 0 Å². The molecule has 2 heterocycles. The van der Waals surface area contributed by atoms with E-state index in [1.807, 2.05) is 19.9 Å². The molecular weight excluding hydrogens is 318 g/mol. The number of rotatable bonds is 4. The highest BCUT2D eigenvalue weighted by molar-refractivity contribution is 5.89. The van der Waals surface area contributed by atoms with Crippen molar-refractivity contribution < 1.29 is 18.7 Å². The van der Waals surface area contributed by atoms with Crippen LogP contribution >= 0.6 is 0 Å². The summed E-state index contributed by atoms with van der Waals surface area (Å²) in [5.41, 5.74) is 4.04. The molecule has 1 aliphatic rings. The Morgan fingerprint density at radius 3 is 2.88 bits per heavy atom. The first kappa shape index (κ1) is 17.5. The van der Waals surface area contributed by atoms with Crippen LogP contribution in [0, 0.1) is 19.8 Å². The first-order chi connectivity index (χ1) is 12.0. The molecule has 0 spiro atoms. The number of carbonyl (C=O) groups is 2. The number of carbonyl (C=O) groups excluding carboxylic acids is 2. The Morgan fingerprint density at radius 1 is 1.32 bits per heavy atom. The number of hydrogen-bond acceptors (Lipinski definition) is 4. The highest BCUT2D eigenvalue weighted by Gasteiger charge is 2.29. The molecule has 1 fully saturated rings. The second-order valence-electron chi connectivity index (χ2n) is 6.75. The van der Waals surface area contributed by atoms with Crippen LogP contribution in [-0.2, 0) is 20.7 Å². The van der Waals surface area contributed by atoms with Gasteiger partial charge in [-0.1, -0.05) is 12.1 Å². The van der Waals surface area contributed by atoms with Gasteiger partial charge in [-0.2, -0.15) is 0 Å².